The SMILES string of the molecule is O=c1cc(C(F)(F)F)ncn1CC1CCN(CC2CCCO2)CC1. The average molecular weight is 345 g/mol. The number of hydrogen-bond acceptors (Lipinski definition) is 4. The summed E-state index contributed by atoms with van der Waals surface area (Å²) in [6.07, 6.45) is 0.886. The Kier molecular flexibility index (Phi) is 5.24. The Bertz CT molecular complexity index is 603. The highest BCUT2D eigenvalue weighted by atomic mass is 19.4. The fourth-order valence-corrected chi connectivity index (χ4v) is 3.42. The van der Waals surface area contributed by atoms with Gasteiger partial charge in [-0.2, -0.15) is 13.2 Å². The van der Waals surface area contributed by atoms with Crippen molar-refractivity contribution in [1.82, 2.24) is 14.5 Å². The molecule has 2 saturated heterocycles. The number of alkyl halides is 3. The van der Waals surface area contributed by atoms with Gasteiger partial charge in [0.1, 0.15) is 0 Å². The Hall–Kier alpha value is -1.41. The van der Waals surface area contributed by atoms with Crippen molar-refractivity contribution in [2.45, 2.75) is 44.5 Å². The summed E-state index contributed by atoms with van der Waals surface area (Å²) in [6.45, 7) is 4.11. The van der Waals surface area contributed by atoms with E-state index < -0.39 is 17.4 Å². The Morgan fingerprint density at radius 3 is 2.54 bits per heavy atom. The summed E-state index contributed by atoms with van der Waals surface area (Å²) < 4.78 is 44.6. The largest absolute Gasteiger partial charge is 0.433 e. The summed E-state index contributed by atoms with van der Waals surface area (Å²) in [6, 6.07) is 0.576. The molecule has 8 heteroatoms. The van der Waals surface area contributed by atoms with E-state index in [1.54, 1.807) is 0 Å². The minimum absolute atomic E-state index is 0.294. The number of halogens is 3. The van der Waals surface area contributed by atoms with Crippen LogP contribution in [0.25, 0.3) is 0 Å². The van der Waals surface area contributed by atoms with Crippen LogP contribution in [0.5, 0.6) is 0 Å². The number of hydrogen-bond donors (Lipinski definition) is 0. The van der Waals surface area contributed by atoms with E-state index in [0.717, 1.165) is 58.3 Å². The molecule has 1 aromatic heterocycles. The standard InChI is InChI=1S/C16H22F3N3O2/c17-16(18,19)14-8-15(23)22(11-20-14)9-12-3-5-21(6-4-12)10-13-2-1-7-24-13/h8,11-13H,1-7,9-10H2. The molecule has 5 nitrogen and oxygen atoms in total. The summed E-state index contributed by atoms with van der Waals surface area (Å²) >= 11 is 0. The highest BCUT2D eigenvalue weighted by molar-refractivity contribution is 5.03. The molecular formula is C16H22F3N3O2. The first-order valence-corrected chi connectivity index (χ1v) is 8.39. The zero-order valence-electron chi connectivity index (χ0n) is 13.5. The molecule has 0 aromatic carbocycles. The molecule has 1 aromatic rings. The van der Waals surface area contributed by atoms with Crippen LogP contribution in [0.4, 0.5) is 13.2 Å². The summed E-state index contributed by atoms with van der Waals surface area (Å²) in [5, 5.41) is 0. The van der Waals surface area contributed by atoms with E-state index in [-0.39, 0.29) is 0 Å². The molecule has 0 amide bonds. The van der Waals surface area contributed by atoms with Crippen molar-refractivity contribution in [3.8, 4) is 0 Å². The first-order valence-electron chi connectivity index (χ1n) is 8.39. The van der Waals surface area contributed by atoms with Gasteiger partial charge < -0.3 is 9.64 Å². The topological polar surface area (TPSA) is 47.4 Å². The van der Waals surface area contributed by atoms with Crippen LogP contribution in [0.2, 0.25) is 0 Å². The van der Waals surface area contributed by atoms with Crippen LogP contribution >= 0.6 is 0 Å². The number of piperidine rings is 1. The molecule has 1 atom stereocenters. The summed E-state index contributed by atoms with van der Waals surface area (Å²) in [5.74, 6) is 0.294. The van der Waals surface area contributed by atoms with E-state index in [1.807, 2.05) is 0 Å². The fourth-order valence-electron chi connectivity index (χ4n) is 3.42. The van der Waals surface area contributed by atoms with Crippen LogP contribution in [0.15, 0.2) is 17.2 Å². The van der Waals surface area contributed by atoms with Gasteiger partial charge in [-0.15, -0.1) is 0 Å². The minimum Gasteiger partial charge on any atom is -0.377 e. The molecule has 2 aliphatic heterocycles. The van der Waals surface area contributed by atoms with Gasteiger partial charge in [0.15, 0.2) is 5.69 Å². The van der Waals surface area contributed by atoms with Crippen molar-refractivity contribution in [1.29, 1.82) is 0 Å². The van der Waals surface area contributed by atoms with Crippen molar-refractivity contribution in [2.24, 2.45) is 5.92 Å². The predicted octanol–water partition coefficient (Wildman–Crippen LogP) is 2.15. The zero-order valence-corrected chi connectivity index (χ0v) is 13.5. The first-order chi connectivity index (χ1) is 11.4. The molecule has 24 heavy (non-hydrogen) atoms. The van der Waals surface area contributed by atoms with Crippen LogP contribution in [0.1, 0.15) is 31.4 Å². The molecule has 3 heterocycles. The van der Waals surface area contributed by atoms with Crippen molar-refractivity contribution >= 4 is 0 Å². The highest BCUT2D eigenvalue weighted by Crippen LogP contribution is 2.26. The Morgan fingerprint density at radius 1 is 1.21 bits per heavy atom. The summed E-state index contributed by atoms with van der Waals surface area (Å²) in [5.41, 5.74) is -1.77. The van der Waals surface area contributed by atoms with Gasteiger partial charge in [-0.1, -0.05) is 0 Å². The molecule has 134 valence electrons. The number of ether oxygens (including phenoxy) is 1. The van der Waals surface area contributed by atoms with E-state index in [0.29, 0.717) is 24.6 Å². The quantitative estimate of drug-likeness (QED) is 0.839. The van der Waals surface area contributed by atoms with E-state index in [4.69, 9.17) is 4.74 Å². The third-order valence-electron chi connectivity index (χ3n) is 4.82. The summed E-state index contributed by atoms with van der Waals surface area (Å²) in [4.78, 5) is 17.6. The van der Waals surface area contributed by atoms with E-state index in [2.05, 4.69) is 9.88 Å². The average Bonchev–Trinajstić information content (AvgIpc) is 3.03. The van der Waals surface area contributed by atoms with E-state index in [9.17, 15) is 18.0 Å². The Labute approximate surface area is 138 Å². The maximum absolute atomic E-state index is 12.5. The van der Waals surface area contributed by atoms with Crippen molar-refractivity contribution < 1.29 is 17.9 Å². The van der Waals surface area contributed by atoms with Crippen LogP contribution in [-0.2, 0) is 17.5 Å². The minimum atomic E-state index is -4.58. The molecule has 0 radical (unpaired) electrons. The third-order valence-corrected chi connectivity index (χ3v) is 4.82. The monoisotopic (exact) mass is 345 g/mol. The Morgan fingerprint density at radius 2 is 1.96 bits per heavy atom. The number of nitrogens with zero attached hydrogens (tertiary/aromatic N) is 3. The lowest BCUT2D eigenvalue weighted by Gasteiger charge is -2.33. The lowest BCUT2D eigenvalue weighted by molar-refractivity contribution is -0.141. The van der Waals surface area contributed by atoms with Gasteiger partial charge in [-0.25, -0.2) is 4.98 Å². The second-order valence-corrected chi connectivity index (χ2v) is 6.64. The van der Waals surface area contributed by atoms with Gasteiger partial charge in [0, 0.05) is 25.8 Å². The van der Waals surface area contributed by atoms with Gasteiger partial charge in [0.25, 0.3) is 5.56 Å². The van der Waals surface area contributed by atoms with Gasteiger partial charge in [0.05, 0.1) is 12.4 Å². The molecule has 0 bridgehead atoms. The van der Waals surface area contributed by atoms with Crippen LogP contribution in [0.3, 0.4) is 0 Å². The molecule has 2 fully saturated rings. The molecule has 1 unspecified atom stereocenters. The summed E-state index contributed by atoms with van der Waals surface area (Å²) in [7, 11) is 0. The second-order valence-electron chi connectivity index (χ2n) is 6.64. The van der Waals surface area contributed by atoms with Crippen LogP contribution < -0.4 is 5.56 Å². The molecule has 0 saturated carbocycles. The lowest BCUT2D eigenvalue weighted by Crippen LogP contribution is -2.40. The van der Waals surface area contributed by atoms with Crippen molar-refractivity contribution in [3.05, 3.63) is 28.4 Å². The van der Waals surface area contributed by atoms with Crippen molar-refractivity contribution in [3.63, 3.8) is 0 Å². The number of aromatic nitrogens is 2. The predicted molar refractivity (Wildman–Crippen MR) is 81.6 cm³/mol. The van der Waals surface area contributed by atoms with Gasteiger partial charge in [-0.3, -0.25) is 9.36 Å². The second kappa shape index (κ2) is 7.23. The number of likely N-dealkylation sites (tertiary alicyclic amines) is 1. The molecule has 2 aliphatic rings. The maximum Gasteiger partial charge on any atom is 0.433 e. The fraction of sp³-hybridized carbons (Fsp3) is 0.750. The van der Waals surface area contributed by atoms with Gasteiger partial charge in [0.2, 0.25) is 0 Å². The smallest absolute Gasteiger partial charge is 0.377 e. The third kappa shape index (κ3) is 4.36. The molecular weight excluding hydrogens is 323 g/mol. The first kappa shape index (κ1) is 17.4. The van der Waals surface area contributed by atoms with Crippen LogP contribution in [0, 0.1) is 5.92 Å². The zero-order chi connectivity index (χ0) is 17.2. The molecule has 0 spiro atoms. The van der Waals surface area contributed by atoms with E-state index in [1.165, 1.54) is 4.57 Å². The molecule has 3 rings (SSSR count). The molecule has 0 N–H and O–H groups in total. The van der Waals surface area contributed by atoms with Gasteiger partial charge in [-0.05, 0) is 44.7 Å². The van der Waals surface area contributed by atoms with E-state index >= 15 is 0 Å². The van der Waals surface area contributed by atoms with Crippen LogP contribution in [-0.4, -0.2) is 46.8 Å². The normalized spacial score (nSPS) is 23.7. The van der Waals surface area contributed by atoms with Crippen molar-refractivity contribution in [2.75, 3.05) is 26.2 Å². The highest BCUT2D eigenvalue weighted by Gasteiger charge is 2.33. The lowest BCUT2D eigenvalue weighted by atomic mass is 9.96. The molecule has 0 aliphatic carbocycles. The number of rotatable bonds is 4. The Balaban J connectivity index is 1.51. The maximum atomic E-state index is 12.5. The van der Waals surface area contributed by atoms with Gasteiger partial charge >= 0.3 is 6.18 Å².